The fourth-order valence-electron chi connectivity index (χ4n) is 1.87. The van der Waals surface area contributed by atoms with Gasteiger partial charge in [-0.05, 0) is 23.6 Å². The number of ether oxygens (including phenoxy) is 2. The summed E-state index contributed by atoms with van der Waals surface area (Å²) in [5, 5.41) is 4.03. The first-order chi connectivity index (χ1) is 11.0. The van der Waals surface area contributed by atoms with Crippen LogP contribution in [0.15, 0.2) is 36.7 Å². The first-order valence-corrected chi connectivity index (χ1v) is 7.56. The normalized spacial score (nSPS) is 10.7. The minimum atomic E-state index is -0.418. The maximum atomic E-state index is 12.0. The zero-order valence-electron chi connectivity index (χ0n) is 14.0. The first kappa shape index (κ1) is 16.9. The van der Waals surface area contributed by atoms with Gasteiger partial charge in [-0.1, -0.05) is 26.0 Å². The Labute approximate surface area is 136 Å². The summed E-state index contributed by atoms with van der Waals surface area (Å²) in [7, 11) is 3.45. The summed E-state index contributed by atoms with van der Waals surface area (Å²) in [4.78, 5) is 13.4. The summed E-state index contributed by atoms with van der Waals surface area (Å²) in [5.41, 5.74) is 1.60. The van der Waals surface area contributed by atoms with Gasteiger partial charge in [0.2, 0.25) is 0 Å². The molecule has 0 bridgehead atoms. The van der Waals surface area contributed by atoms with Crippen LogP contribution in [-0.2, 0) is 18.4 Å². The van der Waals surface area contributed by atoms with Crippen LogP contribution in [0.4, 0.5) is 10.5 Å². The Bertz CT molecular complexity index is 635. The summed E-state index contributed by atoms with van der Waals surface area (Å²) in [5.74, 6) is 1.31. The molecule has 0 radical (unpaired) electrons. The van der Waals surface area contributed by atoms with Crippen molar-refractivity contribution in [1.29, 1.82) is 0 Å². The minimum absolute atomic E-state index is 0.216. The van der Waals surface area contributed by atoms with E-state index in [-0.39, 0.29) is 6.61 Å². The van der Waals surface area contributed by atoms with Crippen molar-refractivity contribution in [2.45, 2.75) is 20.5 Å². The highest BCUT2D eigenvalue weighted by molar-refractivity contribution is 5.86. The molecule has 0 spiro atoms. The zero-order chi connectivity index (χ0) is 16.8. The predicted octanol–water partition coefficient (Wildman–Crippen LogP) is 3.23. The molecule has 0 aliphatic rings. The fraction of sp³-hybridized carbons (Fsp3) is 0.412. The molecule has 0 atom stereocenters. The number of carbonyl (C=O) groups is 1. The van der Waals surface area contributed by atoms with Crippen LogP contribution >= 0.6 is 0 Å². The van der Waals surface area contributed by atoms with E-state index in [1.54, 1.807) is 31.2 Å². The molecule has 2 rings (SSSR count). The van der Waals surface area contributed by atoms with Gasteiger partial charge in [0.15, 0.2) is 0 Å². The van der Waals surface area contributed by atoms with Gasteiger partial charge in [0.1, 0.15) is 12.4 Å². The molecule has 124 valence electrons. The van der Waals surface area contributed by atoms with E-state index in [1.165, 1.54) is 4.90 Å². The van der Waals surface area contributed by atoms with Crippen molar-refractivity contribution in [1.82, 2.24) is 9.78 Å². The molecule has 0 saturated carbocycles. The Balaban J connectivity index is 1.84. The van der Waals surface area contributed by atoms with Crippen LogP contribution in [0.2, 0.25) is 0 Å². The number of nitrogens with zero attached hydrogens (tertiary/aromatic N) is 3. The van der Waals surface area contributed by atoms with Gasteiger partial charge >= 0.3 is 6.09 Å². The van der Waals surface area contributed by atoms with Crippen LogP contribution < -0.4 is 9.64 Å². The molecule has 2 aromatic rings. The van der Waals surface area contributed by atoms with Gasteiger partial charge in [-0.25, -0.2) is 4.79 Å². The van der Waals surface area contributed by atoms with Crippen LogP contribution in [0.1, 0.15) is 19.4 Å². The summed E-state index contributed by atoms with van der Waals surface area (Å²) in [6.07, 6.45) is 2.95. The number of benzene rings is 1. The zero-order valence-corrected chi connectivity index (χ0v) is 14.0. The Kier molecular flexibility index (Phi) is 5.62. The SMILES string of the molecule is CC(C)COc1ccc(COC(=O)N(C)c2cnn(C)c2)cc1. The largest absolute Gasteiger partial charge is 0.493 e. The lowest BCUT2D eigenvalue weighted by Crippen LogP contribution is -2.26. The molecule has 0 fully saturated rings. The van der Waals surface area contributed by atoms with Crippen LogP contribution in [0.5, 0.6) is 5.75 Å². The second-order valence-electron chi connectivity index (χ2n) is 5.83. The van der Waals surface area contributed by atoms with E-state index in [0.717, 1.165) is 11.3 Å². The first-order valence-electron chi connectivity index (χ1n) is 7.56. The van der Waals surface area contributed by atoms with E-state index in [2.05, 4.69) is 18.9 Å². The number of hydrogen-bond acceptors (Lipinski definition) is 4. The van der Waals surface area contributed by atoms with E-state index in [9.17, 15) is 4.79 Å². The Morgan fingerprint density at radius 2 is 2.00 bits per heavy atom. The molecule has 0 unspecified atom stereocenters. The van der Waals surface area contributed by atoms with Crippen LogP contribution in [0.3, 0.4) is 0 Å². The van der Waals surface area contributed by atoms with Gasteiger partial charge in [-0.2, -0.15) is 5.10 Å². The monoisotopic (exact) mass is 317 g/mol. The van der Waals surface area contributed by atoms with E-state index < -0.39 is 6.09 Å². The molecule has 1 amide bonds. The Morgan fingerprint density at radius 1 is 1.30 bits per heavy atom. The number of aryl methyl sites for hydroxylation is 1. The third-order valence-electron chi connectivity index (χ3n) is 3.22. The van der Waals surface area contributed by atoms with Crippen LogP contribution in [-0.4, -0.2) is 29.5 Å². The minimum Gasteiger partial charge on any atom is -0.493 e. The molecule has 6 nitrogen and oxygen atoms in total. The van der Waals surface area contributed by atoms with Crippen LogP contribution in [0, 0.1) is 5.92 Å². The maximum Gasteiger partial charge on any atom is 0.414 e. The molecule has 0 aliphatic heterocycles. The quantitative estimate of drug-likeness (QED) is 0.821. The van der Waals surface area contributed by atoms with Gasteiger partial charge in [-0.3, -0.25) is 9.58 Å². The van der Waals surface area contributed by atoms with Gasteiger partial charge < -0.3 is 9.47 Å². The summed E-state index contributed by atoms with van der Waals surface area (Å²) >= 11 is 0. The van der Waals surface area contributed by atoms with E-state index >= 15 is 0 Å². The number of anilines is 1. The average molecular weight is 317 g/mol. The number of amides is 1. The molecule has 23 heavy (non-hydrogen) atoms. The Hall–Kier alpha value is -2.50. The standard InChI is InChI=1S/C17H23N3O3/c1-13(2)11-22-16-7-5-14(6-8-16)12-23-17(21)20(4)15-9-18-19(3)10-15/h5-10,13H,11-12H2,1-4H3. The molecule has 6 heteroatoms. The van der Waals surface area contributed by atoms with Crippen molar-refractivity contribution in [2.75, 3.05) is 18.6 Å². The molecule has 0 aliphatic carbocycles. The molecule has 1 aromatic heterocycles. The molecule has 1 aromatic carbocycles. The van der Waals surface area contributed by atoms with E-state index in [4.69, 9.17) is 9.47 Å². The van der Waals surface area contributed by atoms with Crippen molar-refractivity contribution in [3.63, 3.8) is 0 Å². The number of rotatable bonds is 6. The highest BCUT2D eigenvalue weighted by atomic mass is 16.6. The number of carbonyl (C=O) groups excluding carboxylic acids is 1. The third-order valence-corrected chi connectivity index (χ3v) is 3.22. The predicted molar refractivity (Wildman–Crippen MR) is 88.6 cm³/mol. The van der Waals surface area contributed by atoms with Crippen molar-refractivity contribution in [2.24, 2.45) is 13.0 Å². The molecule has 0 saturated heterocycles. The molecule has 1 heterocycles. The lowest BCUT2D eigenvalue weighted by atomic mass is 10.2. The van der Waals surface area contributed by atoms with Gasteiger partial charge in [0.05, 0.1) is 18.5 Å². The number of hydrogen-bond donors (Lipinski definition) is 0. The van der Waals surface area contributed by atoms with Gasteiger partial charge in [-0.15, -0.1) is 0 Å². The number of aromatic nitrogens is 2. The highest BCUT2D eigenvalue weighted by Gasteiger charge is 2.13. The third kappa shape index (κ3) is 5.02. The second-order valence-corrected chi connectivity index (χ2v) is 5.83. The summed E-state index contributed by atoms with van der Waals surface area (Å²) in [6, 6.07) is 7.56. The molecular formula is C17H23N3O3. The Morgan fingerprint density at radius 3 is 2.57 bits per heavy atom. The summed E-state index contributed by atoms with van der Waals surface area (Å²) in [6.45, 7) is 5.11. The highest BCUT2D eigenvalue weighted by Crippen LogP contribution is 2.15. The smallest absolute Gasteiger partial charge is 0.414 e. The average Bonchev–Trinajstić information content (AvgIpc) is 2.97. The lowest BCUT2D eigenvalue weighted by molar-refractivity contribution is 0.148. The van der Waals surface area contributed by atoms with Crippen molar-refractivity contribution < 1.29 is 14.3 Å². The fourth-order valence-corrected chi connectivity index (χ4v) is 1.87. The van der Waals surface area contributed by atoms with E-state index in [0.29, 0.717) is 18.2 Å². The van der Waals surface area contributed by atoms with Crippen LogP contribution in [0.25, 0.3) is 0 Å². The van der Waals surface area contributed by atoms with Gasteiger partial charge in [0, 0.05) is 20.3 Å². The summed E-state index contributed by atoms with van der Waals surface area (Å²) < 4.78 is 12.6. The van der Waals surface area contributed by atoms with E-state index in [1.807, 2.05) is 24.3 Å². The van der Waals surface area contributed by atoms with Crippen molar-refractivity contribution >= 4 is 11.8 Å². The van der Waals surface area contributed by atoms with Gasteiger partial charge in [0.25, 0.3) is 0 Å². The van der Waals surface area contributed by atoms with Crippen molar-refractivity contribution in [3.8, 4) is 5.75 Å². The topological polar surface area (TPSA) is 56.6 Å². The second kappa shape index (κ2) is 7.67. The lowest BCUT2D eigenvalue weighted by Gasteiger charge is -2.15. The molecular weight excluding hydrogens is 294 g/mol. The maximum absolute atomic E-state index is 12.0. The molecule has 0 N–H and O–H groups in total. The van der Waals surface area contributed by atoms with Crippen molar-refractivity contribution in [3.05, 3.63) is 42.2 Å².